The van der Waals surface area contributed by atoms with E-state index in [9.17, 15) is 9.18 Å². The molecule has 0 spiro atoms. The second-order valence-electron chi connectivity index (χ2n) is 7.56. The lowest BCUT2D eigenvalue weighted by molar-refractivity contribution is 0.147. The van der Waals surface area contributed by atoms with Crippen molar-refractivity contribution in [1.82, 2.24) is 15.4 Å². The maximum absolute atomic E-state index is 14.5. The van der Waals surface area contributed by atoms with Crippen molar-refractivity contribution in [2.75, 3.05) is 24.6 Å². The van der Waals surface area contributed by atoms with E-state index in [1.54, 1.807) is 36.5 Å². The van der Waals surface area contributed by atoms with Gasteiger partial charge in [0.05, 0.1) is 29.8 Å². The number of hydrogen-bond donors (Lipinski definition) is 1. The molecule has 30 heavy (non-hydrogen) atoms. The number of carbonyl (C=O) groups is 1. The maximum Gasteiger partial charge on any atom is 0.340 e. The molecule has 3 aliphatic heterocycles. The van der Waals surface area contributed by atoms with Gasteiger partial charge in [0, 0.05) is 29.2 Å². The van der Waals surface area contributed by atoms with E-state index in [0.29, 0.717) is 28.4 Å². The molecular formula is C22H21ClFN5O. The molecule has 3 aliphatic rings. The molecule has 2 aromatic carbocycles. The Morgan fingerprint density at radius 3 is 2.67 bits per heavy atom. The number of amides is 2. The minimum Gasteiger partial charge on any atom is -0.323 e. The highest BCUT2D eigenvalue weighted by molar-refractivity contribution is 6.31. The van der Waals surface area contributed by atoms with E-state index in [-0.39, 0.29) is 11.8 Å². The van der Waals surface area contributed by atoms with Gasteiger partial charge in [0.15, 0.2) is 0 Å². The van der Waals surface area contributed by atoms with Gasteiger partial charge in [-0.05, 0) is 49.6 Å². The lowest BCUT2D eigenvalue weighted by Gasteiger charge is -2.31. The van der Waals surface area contributed by atoms with Crippen molar-refractivity contribution in [3.8, 4) is 0 Å². The molecule has 8 heteroatoms. The number of aliphatic imine (C=N–C) groups is 1. The molecule has 1 saturated heterocycles. The highest BCUT2D eigenvalue weighted by Gasteiger charge is 2.33. The summed E-state index contributed by atoms with van der Waals surface area (Å²) in [5.41, 5.74) is 6.39. The number of piperidine rings is 1. The molecule has 0 radical (unpaired) electrons. The van der Waals surface area contributed by atoms with E-state index >= 15 is 0 Å². The molecule has 0 bridgehead atoms. The van der Waals surface area contributed by atoms with Gasteiger partial charge in [-0.2, -0.15) is 0 Å². The van der Waals surface area contributed by atoms with Crippen molar-refractivity contribution < 1.29 is 9.18 Å². The molecule has 0 unspecified atom stereocenters. The van der Waals surface area contributed by atoms with Crippen LogP contribution in [-0.2, 0) is 0 Å². The Kier molecular flexibility index (Phi) is 4.92. The van der Waals surface area contributed by atoms with Gasteiger partial charge < -0.3 is 4.90 Å². The fourth-order valence-electron chi connectivity index (χ4n) is 4.08. The van der Waals surface area contributed by atoms with Crippen LogP contribution in [0.15, 0.2) is 59.4 Å². The first-order valence-electron chi connectivity index (χ1n) is 10.1. The van der Waals surface area contributed by atoms with Gasteiger partial charge in [0.1, 0.15) is 5.82 Å². The zero-order valence-electron chi connectivity index (χ0n) is 16.3. The SMILES string of the molecule is O=C(N1CCCCC1)N1C=C2CN=C(c3ccccc3F)c3cc(Cl)ccc3N2N1. The fraction of sp³-hybridized carbons (Fsp3) is 0.273. The highest BCUT2D eigenvalue weighted by Crippen LogP contribution is 2.33. The molecule has 5 rings (SSSR count). The number of halogens is 2. The molecule has 3 heterocycles. The monoisotopic (exact) mass is 425 g/mol. The van der Waals surface area contributed by atoms with E-state index < -0.39 is 0 Å². The molecule has 2 amide bonds. The molecule has 154 valence electrons. The van der Waals surface area contributed by atoms with Crippen molar-refractivity contribution in [3.05, 3.63) is 76.3 Å². The van der Waals surface area contributed by atoms with Crippen LogP contribution >= 0.6 is 11.6 Å². The molecule has 2 aromatic rings. The second-order valence-corrected chi connectivity index (χ2v) is 8.00. The van der Waals surface area contributed by atoms with Gasteiger partial charge in [0.2, 0.25) is 0 Å². The maximum atomic E-state index is 14.5. The third kappa shape index (κ3) is 3.34. The molecule has 0 aliphatic carbocycles. The largest absolute Gasteiger partial charge is 0.340 e. The van der Waals surface area contributed by atoms with Crippen LogP contribution in [0.5, 0.6) is 0 Å². The summed E-state index contributed by atoms with van der Waals surface area (Å²) in [5.74, 6) is -0.340. The zero-order valence-corrected chi connectivity index (χ0v) is 17.1. The van der Waals surface area contributed by atoms with Crippen LogP contribution in [0.1, 0.15) is 30.4 Å². The number of carbonyl (C=O) groups excluding carboxylic acids is 1. The second kappa shape index (κ2) is 7.74. The van der Waals surface area contributed by atoms with Crippen LogP contribution in [0.3, 0.4) is 0 Å². The summed E-state index contributed by atoms with van der Waals surface area (Å²) in [6.07, 6.45) is 4.98. The Morgan fingerprint density at radius 1 is 1.07 bits per heavy atom. The molecule has 6 nitrogen and oxygen atoms in total. The van der Waals surface area contributed by atoms with Gasteiger partial charge in [0.25, 0.3) is 0 Å². The lowest BCUT2D eigenvalue weighted by Crippen LogP contribution is -2.50. The summed E-state index contributed by atoms with van der Waals surface area (Å²) >= 11 is 6.27. The average Bonchev–Trinajstić information content (AvgIpc) is 3.13. The topological polar surface area (TPSA) is 51.2 Å². The predicted octanol–water partition coefficient (Wildman–Crippen LogP) is 4.32. The number of likely N-dealkylation sites (tertiary alicyclic amines) is 1. The molecule has 1 N–H and O–H groups in total. The molecular weight excluding hydrogens is 405 g/mol. The van der Waals surface area contributed by atoms with Crippen LogP contribution in [0.2, 0.25) is 5.02 Å². The molecule has 0 aromatic heterocycles. The first-order valence-corrected chi connectivity index (χ1v) is 10.4. The smallest absolute Gasteiger partial charge is 0.323 e. The number of benzene rings is 2. The van der Waals surface area contributed by atoms with E-state index in [4.69, 9.17) is 16.6 Å². The summed E-state index contributed by atoms with van der Waals surface area (Å²) in [4.78, 5) is 19.5. The number of rotatable bonds is 1. The fourth-order valence-corrected chi connectivity index (χ4v) is 4.26. The Morgan fingerprint density at radius 2 is 1.87 bits per heavy atom. The quantitative estimate of drug-likeness (QED) is 0.740. The van der Waals surface area contributed by atoms with Crippen LogP contribution < -0.4 is 10.5 Å². The average molecular weight is 426 g/mol. The minimum atomic E-state index is -0.340. The van der Waals surface area contributed by atoms with Crippen molar-refractivity contribution in [3.63, 3.8) is 0 Å². The summed E-state index contributed by atoms with van der Waals surface area (Å²) in [6, 6.07) is 11.9. The van der Waals surface area contributed by atoms with Crippen molar-refractivity contribution in [2.24, 2.45) is 4.99 Å². The van der Waals surface area contributed by atoms with E-state index in [0.717, 1.165) is 43.7 Å². The summed E-state index contributed by atoms with van der Waals surface area (Å²) < 4.78 is 14.5. The Hall–Kier alpha value is -2.90. The summed E-state index contributed by atoms with van der Waals surface area (Å²) in [6.45, 7) is 1.83. The number of urea groups is 1. The number of hydrazine groups is 2. The highest BCUT2D eigenvalue weighted by atomic mass is 35.5. The van der Waals surface area contributed by atoms with Crippen molar-refractivity contribution in [2.45, 2.75) is 19.3 Å². The Labute approximate surface area is 179 Å². The number of nitrogens with zero attached hydrogens (tertiary/aromatic N) is 4. The number of hydrogen-bond acceptors (Lipinski definition) is 4. The standard InChI is InChI=1S/C22H21ClFN5O/c23-15-8-9-20-18(12-15)21(17-6-2-3-7-19(17)24)25-13-16-14-28(26-29(16)20)22(30)27-10-4-1-5-11-27/h2-3,6-9,12,14,26H,1,4-5,10-11,13H2. The molecule has 0 atom stereocenters. The van der Waals surface area contributed by atoms with E-state index in [2.05, 4.69) is 5.53 Å². The van der Waals surface area contributed by atoms with Crippen LogP contribution in [0.4, 0.5) is 14.9 Å². The zero-order chi connectivity index (χ0) is 20.7. The number of fused-ring (bicyclic) bond motifs is 3. The van der Waals surface area contributed by atoms with Gasteiger partial charge in [-0.15, -0.1) is 5.53 Å². The van der Waals surface area contributed by atoms with E-state index in [1.165, 1.54) is 11.1 Å². The first kappa shape index (κ1) is 19.1. The van der Waals surface area contributed by atoms with Gasteiger partial charge in [-0.3, -0.25) is 10.0 Å². The first-order chi connectivity index (χ1) is 14.6. The van der Waals surface area contributed by atoms with Gasteiger partial charge in [-0.25, -0.2) is 14.2 Å². The summed E-state index contributed by atoms with van der Waals surface area (Å²) in [7, 11) is 0. The Balaban J connectivity index is 1.53. The normalized spacial score (nSPS) is 18.4. The lowest BCUT2D eigenvalue weighted by atomic mass is 10.00. The molecule has 1 fully saturated rings. The van der Waals surface area contributed by atoms with Gasteiger partial charge in [-0.1, -0.05) is 23.7 Å². The van der Waals surface area contributed by atoms with Crippen molar-refractivity contribution >= 4 is 29.0 Å². The minimum absolute atomic E-state index is 0.0795. The molecule has 0 saturated carbocycles. The van der Waals surface area contributed by atoms with Crippen LogP contribution in [0.25, 0.3) is 0 Å². The number of anilines is 1. The van der Waals surface area contributed by atoms with Crippen LogP contribution in [-0.4, -0.2) is 41.3 Å². The third-order valence-corrected chi connectivity index (χ3v) is 5.82. The van der Waals surface area contributed by atoms with Gasteiger partial charge >= 0.3 is 6.03 Å². The Bertz CT molecular complexity index is 1060. The van der Waals surface area contributed by atoms with Crippen LogP contribution in [0, 0.1) is 5.82 Å². The van der Waals surface area contributed by atoms with Crippen molar-refractivity contribution in [1.29, 1.82) is 0 Å². The predicted molar refractivity (Wildman–Crippen MR) is 115 cm³/mol. The number of nitrogens with one attached hydrogen (secondary N) is 1. The van der Waals surface area contributed by atoms with E-state index in [1.807, 2.05) is 16.0 Å². The third-order valence-electron chi connectivity index (χ3n) is 5.59. The summed E-state index contributed by atoms with van der Waals surface area (Å²) in [5, 5.41) is 3.86.